The third-order valence-electron chi connectivity index (χ3n) is 0.373. The average Bonchev–Trinajstić information content (AvgIpc) is 1.65. The zero-order valence-electron chi connectivity index (χ0n) is 3.50. The Hall–Kier alpha value is -1.06. The summed E-state index contributed by atoms with van der Waals surface area (Å²) in [5.74, 6) is 0. The van der Waals surface area contributed by atoms with Crippen LogP contribution in [0, 0.1) is 7.05 Å². The normalized spacial score (nSPS) is 7.57. The van der Waals surface area contributed by atoms with Crippen molar-refractivity contribution in [3.63, 3.8) is 0 Å². The minimum absolute atomic E-state index is 0.113. The molecule has 0 spiro atoms. The number of carbonyl (C=O) groups is 2. The fraction of sp³-hybridized carbons (Fsp3) is 0. The molecule has 0 aliphatic carbocycles. The van der Waals surface area contributed by atoms with Crippen molar-refractivity contribution < 1.29 is 14.7 Å². The molecular formula is C3H4NO3. The van der Waals surface area contributed by atoms with Crippen molar-refractivity contribution >= 4 is 12.5 Å². The Bertz CT molecular complexity index is 90.2. The summed E-state index contributed by atoms with van der Waals surface area (Å²) in [6.07, 6.45) is -1.24. The molecule has 0 saturated carbocycles. The highest BCUT2D eigenvalue weighted by molar-refractivity contribution is 5.78. The third kappa shape index (κ3) is 1.75. The van der Waals surface area contributed by atoms with Crippen molar-refractivity contribution in [2.24, 2.45) is 0 Å². The van der Waals surface area contributed by atoms with Crippen LogP contribution in [0.15, 0.2) is 0 Å². The van der Waals surface area contributed by atoms with Crippen LogP contribution in [0.3, 0.4) is 0 Å². The molecule has 39 valence electrons. The fourth-order valence-corrected chi connectivity index (χ4v) is 0.0451. The van der Waals surface area contributed by atoms with Gasteiger partial charge in [-0.25, -0.2) is 9.69 Å². The van der Waals surface area contributed by atoms with Gasteiger partial charge in [0.25, 0.3) is 0 Å². The second-order valence-corrected chi connectivity index (χ2v) is 0.858. The van der Waals surface area contributed by atoms with E-state index in [-0.39, 0.29) is 11.3 Å². The summed E-state index contributed by atoms with van der Waals surface area (Å²) in [5, 5.41) is 7.81. The van der Waals surface area contributed by atoms with Gasteiger partial charge in [-0.15, -0.1) is 0 Å². The van der Waals surface area contributed by atoms with Gasteiger partial charge in [0.15, 0.2) is 0 Å². The van der Waals surface area contributed by atoms with Crippen LogP contribution >= 0.6 is 0 Å². The van der Waals surface area contributed by atoms with Gasteiger partial charge in [0.05, 0.1) is 7.05 Å². The Balaban J connectivity index is 3.55. The maximum Gasteiger partial charge on any atom is 0.413 e. The molecule has 4 heteroatoms. The molecule has 0 unspecified atom stereocenters. The van der Waals surface area contributed by atoms with Crippen LogP contribution < -0.4 is 0 Å². The molecule has 0 aliphatic heterocycles. The van der Waals surface area contributed by atoms with E-state index in [1.807, 2.05) is 0 Å². The second kappa shape index (κ2) is 2.17. The summed E-state index contributed by atoms with van der Waals surface area (Å²) in [5.41, 5.74) is 0. The van der Waals surface area contributed by atoms with Crippen LogP contribution in [-0.2, 0) is 4.79 Å². The first-order valence-electron chi connectivity index (χ1n) is 1.46. The Labute approximate surface area is 40.3 Å². The highest BCUT2D eigenvalue weighted by Crippen LogP contribution is 1.74. The number of hydrogen-bond donors (Lipinski definition) is 1. The number of imide groups is 1. The van der Waals surface area contributed by atoms with E-state index in [2.05, 4.69) is 7.05 Å². The van der Waals surface area contributed by atoms with Crippen molar-refractivity contribution in [3.05, 3.63) is 7.05 Å². The summed E-state index contributed by atoms with van der Waals surface area (Å²) < 4.78 is 0. The predicted octanol–water partition coefficient (Wildman–Crippen LogP) is -0.0856. The third-order valence-corrected chi connectivity index (χ3v) is 0.373. The van der Waals surface area contributed by atoms with Crippen molar-refractivity contribution in [2.45, 2.75) is 0 Å². The smallest absolute Gasteiger partial charge is 0.413 e. The quantitative estimate of drug-likeness (QED) is 0.471. The lowest BCUT2D eigenvalue weighted by Crippen LogP contribution is -2.19. The van der Waals surface area contributed by atoms with Gasteiger partial charge in [-0.1, -0.05) is 0 Å². The SMILES string of the molecule is [CH2]N(C=O)C(=O)O. The molecule has 0 atom stereocenters. The van der Waals surface area contributed by atoms with Crippen LogP contribution in [0.4, 0.5) is 4.79 Å². The Morgan fingerprint density at radius 3 is 2.29 bits per heavy atom. The first-order chi connectivity index (χ1) is 3.18. The molecule has 4 nitrogen and oxygen atoms in total. The predicted molar refractivity (Wildman–Crippen MR) is 21.3 cm³/mol. The summed E-state index contributed by atoms with van der Waals surface area (Å²) >= 11 is 0. The lowest BCUT2D eigenvalue weighted by Gasteiger charge is -1.97. The first kappa shape index (κ1) is 5.94. The maximum absolute atomic E-state index is 9.56. The molecule has 0 aliphatic rings. The van der Waals surface area contributed by atoms with Gasteiger partial charge in [-0.2, -0.15) is 0 Å². The number of hydrogen-bond acceptors (Lipinski definition) is 2. The minimum Gasteiger partial charge on any atom is -0.465 e. The standard InChI is InChI=1S/C3H4NO3/c1-4(2-5)3(6)7/h2H,1H2,(H,6,7). The number of nitrogens with zero attached hydrogens (tertiary/aromatic N) is 1. The zero-order chi connectivity index (χ0) is 5.86. The molecule has 0 aromatic rings. The van der Waals surface area contributed by atoms with E-state index < -0.39 is 6.09 Å². The second-order valence-electron chi connectivity index (χ2n) is 0.858. The fourth-order valence-electron chi connectivity index (χ4n) is 0.0451. The average molecular weight is 102 g/mol. The van der Waals surface area contributed by atoms with Crippen LogP contribution in [-0.4, -0.2) is 22.5 Å². The highest BCUT2D eigenvalue weighted by Gasteiger charge is 1.99. The largest absolute Gasteiger partial charge is 0.465 e. The van der Waals surface area contributed by atoms with E-state index in [0.717, 1.165) is 0 Å². The molecule has 0 heterocycles. The zero-order valence-corrected chi connectivity index (χ0v) is 3.50. The molecule has 0 bridgehead atoms. The molecule has 1 N–H and O–H groups in total. The van der Waals surface area contributed by atoms with E-state index in [4.69, 9.17) is 5.11 Å². The number of carboxylic acid groups (broad SMARTS) is 1. The highest BCUT2D eigenvalue weighted by atomic mass is 16.4. The van der Waals surface area contributed by atoms with Gasteiger partial charge in [-0.05, 0) is 0 Å². The molecule has 2 amide bonds. The molecule has 1 radical (unpaired) electrons. The van der Waals surface area contributed by atoms with E-state index in [1.54, 1.807) is 0 Å². The number of carbonyl (C=O) groups excluding carboxylic acids is 1. The molecule has 0 saturated heterocycles. The summed E-state index contributed by atoms with van der Waals surface area (Å²) in [4.78, 5) is 19.3. The molecular weight excluding hydrogens is 98.0 g/mol. The van der Waals surface area contributed by atoms with Gasteiger partial charge in [-0.3, -0.25) is 4.79 Å². The lowest BCUT2D eigenvalue weighted by atomic mass is 10.9. The van der Waals surface area contributed by atoms with Crippen LogP contribution in [0.1, 0.15) is 0 Å². The Kier molecular flexibility index (Phi) is 1.84. The van der Waals surface area contributed by atoms with Gasteiger partial charge < -0.3 is 5.11 Å². The van der Waals surface area contributed by atoms with E-state index in [9.17, 15) is 9.59 Å². The number of amides is 2. The first-order valence-corrected chi connectivity index (χ1v) is 1.46. The van der Waals surface area contributed by atoms with Gasteiger partial charge >= 0.3 is 6.09 Å². The van der Waals surface area contributed by atoms with Crippen LogP contribution in [0.5, 0.6) is 0 Å². The van der Waals surface area contributed by atoms with E-state index in [0.29, 0.717) is 0 Å². The summed E-state index contributed by atoms with van der Waals surface area (Å²) in [6, 6.07) is 0. The molecule has 7 heavy (non-hydrogen) atoms. The topological polar surface area (TPSA) is 57.6 Å². The van der Waals surface area contributed by atoms with E-state index >= 15 is 0 Å². The Morgan fingerprint density at radius 1 is 1.86 bits per heavy atom. The van der Waals surface area contributed by atoms with Crippen molar-refractivity contribution in [2.75, 3.05) is 0 Å². The van der Waals surface area contributed by atoms with Gasteiger partial charge in [0.2, 0.25) is 6.41 Å². The molecule has 0 fully saturated rings. The van der Waals surface area contributed by atoms with Crippen molar-refractivity contribution in [3.8, 4) is 0 Å². The lowest BCUT2D eigenvalue weighted by molar-refractivity contribution is -0.114. The van der Waals surface area contributed by atoms with Crippen molar-refractivity contribution in [1.82, 2.24) is 4.90 Å². The summed E-state index contributed by atoms with van der Waals surface area (Å²) in [6.45, 7) is 0. The molecule has 0 rings (SSSR count). The van der Waals surface area contributed by atoms with Crippen LogP contribution in [0.2, 0.25) is 0 Å². The molecule has 0 aromatic carbocycles. The number of rotatable bonds is 1. The minimum atomic E-state index is -1.35. The monoisotopic (exact) mass is 102 g/mol. The van der Waals surface area contributed by atoms with E-state index in [1.165, 1.54) is 0 Å². The summed E-state index contributed by atoms with van der Waals surface area (Å²) in [7, 11) is 2.82. The van der Waals surface area contributed by atoms with Crippen molar-refractivity contribution in [1.29, 1.82) is 0 Å². The Morgan fingerprint density at radius 2 is 2.29 bits per heavy atom. The molecule has 0 aromatic heterocycles. The van der Waals surface area contributed by atoms with Gasteiger partial charge in [0.1, 0.15) is 0 Å². The van der Waals surface area contributed by atoms with Crippen LogP contribution in [0.25, 0.3) is 0 Å². The van der Waals surface area contributed by atoms with Gasteiger partial charge in [0, 0.05) is 0 Å². The maximum atomic E-state index is 9.56.